The van der Waals surface area contributed by atoms with Crippen LogP contribution in [0, 0.1) is 0 Å². The van der Waals surface area contributed by atoms with Crippen molar-refractivity contribution in [3.8, 4) is 0 Å². The highest BCUT2D eigenvalue weighted by Gasteiger charge is 2.51. The largest absolute Gasteiger partial charge is 0.472 e. The number of nitrogens with one attached hydrogen (secondary N) is 1. The van der Waals surface area contributed by atoms with E-state index in [0.717, 1.165) is 44.9 Å². The van der Waals surface area contributed by atoms with Crippen molar-refractivity contribution in [2.75, 3.05) is 6.61 Å². The fourth-order valence-corrected chi connectivity index (χ4v) is 8.50. The number of aliphatic hydroxyl groups is 7. The Bertz CT molecular complexity index is 1050. The second-order valence-corrected chi connectivity index (χ2v) is 18.2. The Morgan fingerprint density at radius 3 is 1.41 bits per heavy atom. The van der Waals surface area contributed by atoms with E-state index >= 15 is 0 Å². The van der Waals surface area contributed by atoms with E-state index in [0.29, 0.717) is 12.8 Å². The van der Waals surface area contributed by atoms with E-state index in [1.807, 2.05) is 0 Å². The Hall–Kier alpha value is -0.960. The van der Waals surface area contributed by atoms with Crippen molar-refractivity contribution in [2.24, 2.45) is 0 Å². The number of carbonyl (C=O) groups excluding carboxylic acids is 1. The lowest BCUT2D eigenvalue weighted by Crippen LogP contribution is -2.64. The zero-order chi connectivity index (χ0) is 43.0. The van der Waals surface area contributed by atoms with Crippen molar-refractivity contribution in [2.45, 2.75) is 255 Å². The van der Waals surface area contributed by atoms with E-state index in [1.54, 1.807) is 6.08 Å². The molecule has 58 heavy (non-hydrogen) atoms. The van der Waals surface area contributed by atoms with Gasteiger partial charge in [-0.3, -0.25) is 13.8 Å². The molecule has 9 N–H and O–H groups in total. The molecule has 0 aromatic heterocycles. The van der Waals surface area contributed by atoms with Crippen LogP contribution in [0.1, 0.15) is 200 Å². The van der Waals surface area contributed by atoms with Crippen molar-refractivity contribution in [3.63, 3.8) is 0 Å². The SMILES string of the molecule is CCCCCCCCCCC/C=C/C(O)C(COP(=O)(O)OC1C(O)C(O)C(O)C(O)C1O)NC(=O)CC(O)CCCCCCCCCCCCCCCCCCC. The van der Waals surface area contributed by atoms with Gasteiger partial charge in [0, 0.05) is 0 Å². The molecule has 1 rings (SSSR count). The van der Waals surface area contributed by atoms with Gasteiger partial charge in [0.15, 0.2) is 0 Å². The topological polar surface area (TPSA) is 226 Å². The number of rotatable bonds is 38. The molecule has 14 heteroatoms. The van der Waals surface area contributed by atoms with E-state index in [-0.39, 0.29) is 6.42 Å². The Morgan fingerprint density at radius 2 is 0.983 bits per heavy atom. The minimum Gasteiger partial charge on any atom is -0.393 e. The number of phosphoric acid groups is 1. The van der Waals surface area contributed by atoms with Crippen LogP contribution in [0.25, 0.3) is 0 Å². The third-order valence-electron chi connectivity index (χ3n) is 11.4. The molecule has 0 bridgehead atoms. The van der Waals surface area contributed by atoms with Gasteiger partial charge >= 0.3 is 7.82 Å². The van der Waals surface area contributed by atoms with Crippen LogP contribution >= 0.6 is 7.82 Å². The molecule has 0 aliphatic heterocycles. The number of allylic oxidation sites excluding steroid dienone is 1. The molecule has 0 radical (unpaired) electrons. The highest BCUT2D eigenvalue weighted by molar-refractivity contribution is 7.47. The maximum Gasteiger partial charge on any atom is 0.472 e. The summed E-state index contributed by atoms with van der Waals surface area (Å²) in [4.78, 5) is 23.4. The predicted octanol–water partition coefficient (Wildman–Crippen LogP) is 7.42. The summed E-state index contributed by atoms with van der Waals surface area (Å²) in [5, 5.41) is 74.3. The second kappa shape index (κ2) is 34.6. The molecule has 1 aliphatic rings. The van der Waals surface area contributed by atoms with Crippen LogP contribution in [0.15, 0.2) is 12.2 Å². The fourth-order valence-electron chi connectivity index (χ4n) is 7.54. The number of hydrogen-bond acceptors (Lipinski definition) is 11. The summed E-state index contributed by atoms with van der Waals surface area (Å²) >= 11 is 0. The van der Waals surface area contributed by atoms with Gasteiger partial charge in [0.05, 0.1) is 31.3 Å². The van der Waals surface area contributed by atoms with Crippen LogP contribution in [0.2, 0.25) is 0 Å². The average Bonchev–Trinajstić information content (AvgIpc) is 3.19. The van der Waals surface area contributed by atoms with E-state index in [1.165, 1.54) is 128 Å². The molecule has 8 atom stereocenters. The monoisotopic (exact) mass is 852 g/mol. The van der Waals surface area contributed by atoms with Gasteiger partial charge in [0.2, 0.25) is 5.91 Å². The van der Waals surface area contributed by atoms with Crippen molar-refractivity contribution >= 4 is 13.7 Å². The highest BCUT2D eigenvalue weighted by Crippen LogP contribution is 2.47. The molecule has 0 heterocycles. The van der Waals surface area contributed by atoms with Gasteiger partial charge in [-0.2, -0.15) is 0 Å². The summed E-state index contributed by atoms with van der Waals surface area (Å²) in [7, 11) is -5.13. The second-order valence-electron chi connectivity index (χ2n) is 16.8. The molecular weight excluding hydrogens is 765 g/mol. The molecule has 1 saturated carbocycles. The van der Waals surface area contributed by atoms with Crippen molar-refractivity contribution in [3.05, 3.63) is 12.2 Å². The Morgan fingerprint density at radius 1 is 0.603 bits per heavy atom. The first kappa shape index (κ1) is 55.1. The van der Waals surface area contributed by atoms with E-state index in [9.17, 15) is 50.0 Å². The minimum atomic E-state index is -5.13. The van der Waals surface area contributed by atoms with Gasteiger partial charge in [-0.25, -0.2) is 4.57 Å². The molecule has 1 amide bonds. The molecule has 1 fully saturated rings. The van der Waals surface area contributed by atoms with Crippen molar-refractivity contribution in [1.82, 2.24) is 5.32 Å². The Balaban J connectivity index is 2.50. The molecule has 0 spiro atoms. The number of phosphoric ester groups is 1. The maximum atomic E-state index is 13.0. The smallest absolute Gasteiger partial charge is 0.393 e. The first-order valence-electron chi connectivity index (χ1n) is 23.2. The fraction of sp³-hybridized carbons (Fsp3) is 0.932. The van der Waals surface area contributed by atoms with Gasteiger partial charge < -0.3 is 46.0 Å². The van der Waals surface area contributed by atoms with Gasteiger partial charge in [-0.1, -0.05) is 187 Å². The Labute approximate surface area is 351 Å². The average molecular weight is 852 g/mol. The first-order chi connectivity index (χ1) is 27.8. The van der Waals surface area contributed by atoms with Crippen LogP contribution in [-0.2, 0) is 18.4 Å². The molecule has 13 nitrogen and oxygen atoms in total. The third-order valence-corrected chi connectivity index (χ3v) is 12.4. The molecule has 1 aliphatic carbocycles. The number of carbonyl (C=O) groups is 1. The van der Waals surface area contributed by atoms with Gasteiger partial charge in [-0.05, 0) is 19.3 Å². The van der Waals surface area contributed by atoms with Crippen LogP contribution in [0.4, 0.5) is 0 Å². The number of unbranched alkanes of at least 4 members (excludes halogenated alkanes) is 25. The minimum absolute atomic E-state index is 0.240. The van der Waals surface area contributed by atoms with Crippen LogP contribution in [0.3, 0.4) is 0 Å². The highest BCUT2D eigenvalue weighted by atomic mass is 31.2. The zero-order valence-corrected chi connectivity index (χ0v) is 37.1. The lowest BCUT2D eigenvalue weighted by molar-refractivity contribution is -0.220. The molecular formula is C44H86NO12P. The zero-order valence-electron chi connectivity index (χ0n) is 36.2. The molecule has 8 unspecified atom stereocenters. The van der Waals surface area contributed by atoms with Crippen molar-refractivity contribution < 1.29 is 59.0 Å². The standard InChI is InChI=1S/C44H86NO12P/c1-3-5-7-9-11-13-15-16-17-18-19-20-22-23-25-27-29-31-35(46)33-38(48)45-36(37(47)32-30-28-26-24-21-14-12-10-8-6-4-2)34-56-58(54,55)57-44-42(52)40(50)39(49)41(51)43(44)53/h30,32,35-37,39-44,46-47,49-53H,3-29,31,33-34H2,1-2H3,(H,45,48)(H,54,55)/b32-30+. The number of aliphatic hydroxyl groups excluding tert-OH is 7. The van der Waals surface area contributed by atoms with E-state index in [2.05, 4.69) is 19.2 Å². The van der Waals surface area contributed by atoms with E-state index in [4.69, 9.17) is 9.05 Å². The quantitative estimate of drug-likeness (QED) is 0.0168. The molecule has 0 saturated heterocycles. The third kappa shape index (κ3) is 26.4. The number of amides is 1. The predicted molar refractivity (Wildman–Crippen MR) is 229 cm³/mol. The summed E-state index contributed by atoms with van der Waals surface area (Å²) in [6, 6.07) is -1.23. The number of hydrogen-bond donors (Lipinski definition) is 9. The van der Waals surface area contributed by atoms with Crippen LogP contribution in [0.5, 0.6) is 0 Å². The lowest BCUT2D eigenvalue weighted by Gasteiger charge is -2.41. The van der Waals surface area contributed by atoms with E-state index < -0.39 is 75.2 Å². The summed E-state index contributed by atoms with van der Waals surface area (Å²) in [6.45, 7) is 3.72. The molecule has 344 valence electrons. The molecule has 0 aromatic rings. The van der Waals surface area contributed by atoms with Gasteiger partial charge in [0.1, 0.15) is 36.6 Å². The molecule has 0 aromatic carbocycles. The summed E-state index contributed by atoms with van der Waals surface area (Å²) in [6.07, 6.45) is 21.7. The summed E-state index contributed by atoms with van der Waals surface area (Å²) < 4.78 is 22.8. The summed E-state index contributed by atoms with van der Waals surface area (Å²) in [5.41, 5.74) is 0. The maximum absolute atomic E-state index is 13.0. The van der Waals surface area contributed by atoms with Gasteiger partial charge in [-0.15, -0.1) is 0 Å². The van der Waals surface area contributed by atoms with Gasteiger partial charge in [0.25, 0.3) is 0 Å². The first-order valence-corrected chi connectivity index (χ1v) is 24.7. The summed E-state index contributed by atoms with van der Waals surface area (Å²) in [5.74, 6) is -0.591. The lowest BCUT2D eigenvalue weighted by atomic mass is 9.85. The normalized spacial score (nSPS) is 23.8. The van der Waals surface area contributed by atoms with Crippen molar-refractivity contribution in [1.29, 1.82) is 0 Å². The van der Waals surface area contributed by atoms with Crippen LogP contribution in [-0.4, -0.2) is 108 Å². The van der Waals surface area contributed by atoms with Crippen LogP contribution < -0.4 is 5.32 Å². The Kier molecular flexibility index (Phi) is 32.9.